The average molecular weight is 242 g/mol. The number of hydrogen-bond acceptors (Lipinski definition) is 6. The van der Waals surface area contributed by atoms with E-state index in [0.717, 1.165) is 0 Å². The second-order valence-corrected chi connectivity index (χ2v) is 3.62. The van der Waals surface area contributed by atoms with E-state index in [0.29, 0.717) is 24.7 Å². The van der Waals surface area contributed by atoms with E-state index < -0.39 is 4.92 Å². The molecule has 0 amide bonds. The predicted molar refractivity (Wildman–Crippen MR) is 64.2 cm³/mol. The van der Waals surface area contributed by atoms with E-state index in [1.165, 1.54) is 0 Å². The van der Waals surface area contributed by atoms with Crippen LogP contribution in [-0.4, -0.2) is 28.0 Å². The maximum absolute atomic E-state index is 10.9. The van der Waals surface area contributed by atoms with Gasteiger partial charge in [0.15, 0.2) is 5.03 Å². The highest BCUT2D eigenvalue weighted by atomic mass is 32.1. The zero-order valence-electron chi connectivity index (χ0n) is 9.47. The third kappa shape index (κ3) is 2.41. The van der Waals surface area contributed by atoms with Gasteiger partial charge in [-0.3, -0.25) is 10.1 Å². The Morgan fingerprint density at radius 2 is 1.94 bits per heavy atom. The Hall–Kier alpha value is -1.37. The number of nitrogens with zero attached hydrogens (tertiary/aromatic N) is 4. The number of nitro groups is 1. The standard InChI is InChI=1S/C9H14N4O2S/c1-4-12(5-2)8-7(13(14)15)9(16)11-6(3)10-8/h4-5H2,1-3H3,(H,10,11,16). The lowest BCUT2D eigenvalue weighted by Crippen LogP contribution is -2.24. The molecule has 1 heterocycles. The average Bonchev–Trinajstić information content (AvgIpc) is 2.17. The minimum atomic E-state index is -0.491. The lowest BCUT2D eigenvalue weighted by Gasteiger charge is -2.19. The summed E-state index contributed by atoms with van der Waals surface area (Å²) in [7, 11) is 0. The molecule has 6 nitrogen and oxygen atoms in total. The summed E-state index contributed by atoms with van der Waals surface area (Å²) in [4.78, 5) is 20.3. The maximum atomic E-state index is 10.9. The number of thiol groups is 1. The predicted octanol–water partition coefficient (Wildman–Crippen LogP) is 1.83. The van der Waals surface area contributed by atoms with Gasteiger partial charge in [0.05, 0.1) is 4.92 Å². The van der Waals surface area contributed by atoms with Gasteiger partial charge in [0.1, 0.15) is 5.82 Å². The Balaban J connectivity index is 3.39. The number of aromatic nitrogens is 2. The maximum Gasteiger partial charge on any atom is 0.343 e. The van der Waals surface area contributed by atoms with E-state index in [1.807, 2.05) is 18.7 Å². The lowest BCUT2D eigenvalue weighted by atomic mass is 10.4. The van der Waals surface area contributed by atoms with Gasteiger partial charge in [-0.25, -0.2) is 9.97 Å². The lowest BCUT2D eigenvalue weighted by molar-refractivity contribution is -0.387. The fourth-order valence-electron chi connectivity index (χ4n) is 1.44. The van der Waals surface area contributed by atoms with Crippen molar-refractivity contribution in [3.05, 3.63) is 15.9 Å². The molecule has 7 heteroatoms. The molecule has 0 aliphatic carbocycles. The van der Waals surface area contributed by atoms with Gasteiger partial charge in [0, 0.05) is 13.1 Å². The topological polar surface area (TPSA) is 72.2 Å². The first-order valence-electron chi connectivity index (χ1n) is 4.98. The van der Waals surface area contributed by atoms with Crippen LogP contribution in [0.25, 0.3) is 0 Å². The second kappa shape index (κ2) is 5.11. The van der Waals surface area contributed by atoms with Crippen molar-refractivity contribution in [3.63, 3.8) is 0 Å². The van der Waals surface area contributed by atoms with Gasteiger partial charge in [0.25, 0.3) is 0 Å². The van der Waals surface area contributed by atoms with Crippen LogP contribution in [0.15, 0.2) is 5.03 Å². The Morgan fingerprint density at radius 1 is 1.38 bits per heavy atom. The number of aryl methyl sites for hydroxylation is 1. The van der Waals surface area contributed by atoms with E-state index in [1.54, 1.807) is 6.92 Å². The molecule has 0 unspecified atom stereocenters. The smallest absolute Gasteiger partial charge is 0.343 e. The van der Waals surface area contributed by atoms with Crippen LogP contribution in [0.4, 0.5) is 11.5 Å². The van der Waals surface area contributed by atoms with Crippen LogP contribution in [0, 0.1) is 17.0 Å². The minimum absolute atomic E-state index is 0.111. The van der Waals surface area contributed by atoms with Crippen molar-refractivity contribution in [2.24, 2.45) is 0 Å². The molecule has 0 spiro atoms. The summed E-state index contributed by atoms with van der Waals surface area (Å²) in [5.74, 6) is 0.824. The van der Waals surface area contributed by atoms with Gasteiger partial charge in [-0.15, -0.1) is 12.6 Å². The molecule has 0 saturated heterocycles. The van der Waals surface area contributed by atoms with Crippen molar-refractivity contribution in [1.82, 2.24) is 9.97 Å². The summed E-state index contributed by atoms with van der Waals surface area (Å²) < 4.78 is 0. The molecule has 0 bridgehead atoms. The minimum Gasteiger partial charge on any atom is -0.351 e. The van der Waals surface area contributed by atoms with E-state index in [2.05, 4.69) is 22.6 Å². The van der Waals surface area contributed by atoms with Crippen molar-refractivity contribution in [2.75, 3.05) is 18.0 Å². The van der Waals surface area contributed by atoms with Crippen molar-refractivity contribution in [1.29, 1.82) is 0 Å². The van der Waals surface area contributed by atoms with E-state index >= 15 is 0 Å². The van der Waals surface area contributed by atoms with Crippen LogP contribution < -0.4 is 4.90 Å². The molecule has 0 fully saturated rings. The number of rotatable bonds is 4. The van der Waals surface area contributed by atoms with Crippen LogP contribution in [0.5, 0.6) is 0 Å². The highest BCUT2D eigenvalue weighted by Gasteiger charge is 2.24. The van der Waals surface area contributed by atoms with Gasteiger partial charge >= 0.3 is 5.69 Å². The van der Waals surface area contributed by atoms with Crippen LogP contribution in [0.2, 0.25) is 0 Å². The van der Waals surface area contributed by atoms with Crippen LogP contribution >= 0.6 is 12.6 Å². The fourth-order valence-corrected chi connectivity index (χ4v) is 1.77. The molecule has 1 rings (SSSR count). The molecule has 0 atom stereocenters. The van der Waals surface area contributed by atoms with Gasteiger partial charge < -0.3 is 4.90 Å². The van der Waals surface area contributed by atoms with Gasteiger partial charge in [0.2, 0.25) is 5.82 Å². The first-order valence-corrected chi connectivity index (χ1v) is 5.42. The zero-order chi connectivity index (χ0) is 12.3. The van der Waals surface area contributed by atoms with Crippen LogP contribution in [0.1, 0.15) is 19.7 Å². The quantitative estimate of drug-likeness (QED) is 0.377. The summed E-state index contributed by atoms with van der Waals surface area (Å²) in [6.07, 6.45) is 0. The van der Waals surface area contributed by atoms with E-state index in [4.69, 9.17) is 0 Å². The Labute approximate surface area is 99.3 Å². The van der Waals surface area contributed by atoms with Gasteiger partial charge in [-0.05, 0) is 20.8 Å². The molecular weight excluding hydrogens is 228 g/mol. The Kier molecular flexibility index (Phi) is 4.05. The Bertz CT molecular complexity index is 407. The molecule has 0 aliphatic heterocycles. The summed E-state index contributed by atoms with van der Waals surface area (Å²) in [6, 6.07) is 0. The largest absolute Gasteiger partial charge is 0.351 e. The molecule has 16 heavy (non-hydrogen) atoms. The van der Waals surface area contributed by atoms with Gasteiger partial charge in [-0.2, -0.15) is 0 Å². The fraction of sp³-hybridized carbons (Fsp3) is 0.556. The molecule has 0 aromatic carbocycles. The summed E-state index contributed by atoms with van der Waals surface area (Å²) in [6.45, 7) is 6.84. The second-order valence-electron chi connectivity index (χ2n) is 3.20. The monoisotopic (exact) mass is 242 g/mol. The molecule has 88 valence electrons. The molecule has 0 aliphatic rings. The Morgan fingerprint density at radius 3 is 2.38 bits per heavy atom. The van der Waals surface area contributed by atoms with Crippen molar-refractivity contribution in [2.45, 2.75) is 25.8 Å². The van der Waals surface area contributed by atoms with Crippen molar-refractivity contribution in [3.8, 4) is 0 Å². The highest BCUT2D eigenvalue weighted by molar-refractivity contribution is 7.80. The van der Waals surface area contributed by atoms with Crippen molar-refractivity contribution >= 4 is 24.1 Å². The van der Waals surface area contributed by atoms with Crippen LogP contribution in [-0.2, 0) is 0 Å². The molecule has 0 saturated carbocycles. The van der Waals surface area contributed by atoms with Gasteiger partial charge in [-0.1, -0.05) is 0 Å². The third-order valence-corrected chi connectivity index (χ3v) is 2.52. The summed E-state index contributed by atoms with van der Waals surface area (Å²) in [5, 5.41) is 11.1. The first kappa shape index (κ1) is 12.7. The number of anilines is 1. The SMILES string of the molecule is CCN(CC)c1nc(C)nc(S)c1[N+](=O)[O-]. The molecule has 1 aromatic heterocycles. The van der Waals surface area contributed by atoms with Crippen LogP contribution in [0.3, 0.4) is 0 Å². The molecule has 0 radical (unpaired) electrons. The molecule has 0 N–H and O–H groups in total. The molecule has 1 aromatic rings. The summed E-state index contributed by atoms with van der Waals surface area (Å²) >= 11 is 4.03. The number of hydrogen-bond donors (Lipinski definition) is 1. The first-order chi connectivity index (χ1) is 7.51. The summed E-state index contributed by atoms with van der Waals surface area (Å²) in [5.41, 5.74) is -0.127. The molecular formula is C9H14N4O2S. The van der Waals surface area contributed by atoms with E-state index in [9.17, 15) is 10.1 Å². The normalized spacial score (nSPS) is 10.2. The zero-order valence-corrected chi connectivity index (χ0v) is 10.4. The highest BCUT2D eigenvalue weighted by Crippen LogP contribution is 2.30. The third-order valence-electron chi connectivity index (χ3n) is 2.20. The van der Waals surface area contributed by atoms with E-state index in [-0.39, 0.29) is 10.7 Å². The van der Waals surface area contributed by atoms with Crippen molar-refractivity contribution < 1.29 is 4.92 Å².